The van der Waals surface area contributed by atoms with Crippen molar-refractivity contribution in [2.24, 2.45) is 5.90 Å². The van der Waals surface area contributed by atoms with Gasteiger partial charge < -0.3 is 4.89 Å². The third-order valence-electron chi connectivity index (χ3n) is 1.24. The lowest BCUT2D eigenvalue weighted by Crippen LogP contribution is -2.03. The monoisotopic (exact) mass is 171 g/mol. The van der Waals surface area contributed by atoms with E-state index in [0.29, 0.717) is 6.29 Å². The van der Waals surface area contributed by atoms with Crippen molar-refractivity contribution >= 4 is 6.29 Å². The van der Waals surface area contributed by atoms with Gasteiger partial charge >= 0.3 is 0 Å². The molecule has 1 aromatic rings. The summed E-state index contributed by atoms with van der Waals surface area (Å²) in [7, 11) is 0. The maximum Gasteiger partial charge on any atom is 0.170 e. The molecule has 5 heteroatoms. The van der Waals surface area contributed by atoms with E-state index in [4.69, 9.17) is 0 Å². The Morgan fingerprint density at radius 3 is 2.75 bits per heavy atom. The summed E-state index contributed by atoms with van der Waals surface area (Å²) in [6.07, 6.45) is 0.405. The SMILES string of the molecule is NOOc1ccc(C=O)c(F)c1. The van der Waals surface area contributed by atoms with Crippen LogP contribution < -0.4 is 10.8 Å². The molecular weight excluding hydrogens is 165 g/mol. The standard InChI is InChI=1S/C7H6FNO3/c8-7-3-6(11-12-9)2-1-5(7)4-10/h1-4H,9H2. The van der Waals surface area contributed by atoms with E-state index in [9.17, 15) is 9.18 Å². The topological polar surface area (TPSA) is 61.6 Å². The number of halogens is 1. The van der Waals surface area contributed by atoms with Crippen molar-refractivity contribution in [3.05, 3.63) is 29.6 Å². The maximum absolute atomic E-state index is 12.8. The Kier molecular flexibility index (Phi) is 2.73. The maximum atomic E-state index is 12.8. The summed E-state index contributed by atoms with van der Waals surface area (Å²) in [5, 5.41) is 0. The van der Waals surface area contributed by atoms with Gasteiger partial charge in [0.05, 0.1) is 5.56 Å². The number of rotatable bonds is 3. The molecule has 0 saturated carbocycles. The molecule has 0 aliphatic carbocycles. The van der Waals surface area contributed by atoms with E-state index in [2.05, 4.69) is 15.8 Å². The van der Waals surface area contributed by atoms with Crippen LogP contribution >= 0.6 is 0 Å². The Bertz CT molecular complexity index is 290. The first kappa shape index (κ1) is 8.63. The summed E-state index contributed by atoms with van der Waals surface area (Å²) in [5.74, 6) is 3.98. The van der Waals surface area contributed by atoms with Crippen molar-refractivity contribution in [3.63, 3.8) is 0 Å². The quantitative estimate of drug-likeness (QED) is 0.415. The molecule has 0 bridgehead atoms. The van der Waals surface area contributed by atoms with Gasteiger partial charge in [-0.25, -0.2) is 4.39 Å². The number of nitrogens with two attached hydrogens (primary N) is 1. The summed E-state index contributed by atoms with van der Waals surface area (Å²) >= 11 is 0. The molecule has 2 N–H and O–H groups in total. The van der Waals surface area contributed by atoms with Crippen molar-refractivity contribution in [1.29, 1.82) is 0 Å². The Hall–Kier alpha value is -1.46. The van der Waals surface area contributed by atoms with E-state index < -0.39 is 5.82 Å². The number of carbonyl (C=O) groups excluding carboxylic acids is 1. The van der Waals surface area contributed by atoms with Gasteiger partial charge in [-0.15, -0.1) is 0 Å². The summed E-state index contributed by atoms with van der Waals surface area (Å²) < 4.78 is 12.8. The van der Waals surface area contributed by atoms with Crippen LogP contribution in [-0.2, 0) is 4.99 Å². The lowest BCUT2D eigenvalue weighted by molar-refractivity contribution is -0.211. The summed E-state index contributed by atoms with van der Waals surface area (Å²) in [6, 6.07) is 3.62. The molecule has 0 saturated heterocycles. The number of carbonyl (C=O) groups is 1. The molecule has 0 aromatic heterocycles. The minimum Gasteiger partial charge on any atom is -0.320 e. The molecule has 0 spiro atoms. The Labute approximate surface area is 67.6 Å². The second-order valence-corrected chi connectivity index (χ2v) is 1.98. The molecule has 0 aliphatic rings. The molecule has 4 nitrogen and oxygen atoms in total. The molecule has 0 aliphatic heterocycles. The van der Waals surface area contributed by atoms with Crippen LogP contribution in [0.2, 0.25) is 0 Å². The van der Waals surface area contributed by atoms with E-state index in [1.165, 1.54) is 12.1 Å². The van der Waals surface area contributed by atoms with Crippen LogP contribution in [0, 0.1) is 5.82 Å². The third kappa shape index (κ3) is 1.77. The first-order valence-electron chi connectivity index (χ1n) is 3.06. The minimum absolute atomic E-state index is 0.0422. The first-order chi connectivity index (χ1) is 5.77. The Balaban J connectivity index is 2.93. The Morgan fingerprint density at radius 2 is 2.25 bits per heavy atom. The van der Waals surface area contributed by atoms with E-state index in [0.717, 1.165) is 6.07 Å². The highest BCUT2D eigenvalue weighted by Gasteiger charge is 2.02. The summed E-state index contributed by atoms with van der Waals surface area (Å²) in [6.45, 7) is 0. The fourth-order valence-electron chi connectivity index (χ4n) is 0.711. The average Bonchev–Trinajstić information content (AvgIpc) is 2.05. The molecule has 0 amide bonds. The zero-order valence-electron chi connectivity index (χ0n) is 5.99. The zero-order valence-corrected chi connectivity index (χ0v) is 5.99. The molecule has 1 rings (SSSR count). The molecule has 64 valence electrons. The fourth-order valence-corrected chi connectivity index (χ4v) is 0.711. The highest BCUT2D eigenvalue weighted by atomic mass is 19.1. The predicted octanol–water partition coefficient (Wildman–Crippen LogP) is 0.822. The lowest BCUT2D eigenvalue weighted by Gasteiger charge is -1.99. The van der Waals surface area contributed by atoms with Crippen LogP contribution in [0.15, 0.2) is 18.2 Å². The van der Waals surface area contributed by atoms with Gasteiger partial charge in [0.25, 0.3) is 0 Å². The van der Waals surface area contributed by atoms with Gasteiger partial charge in [0, 0.05) is 6.07 Å². The molecule has 1 aromatic carbocycles. The van der Waals surface area contributed by atoms with Crippen LogP contribution in [0.1, 0.15) is 10.4 Å². The molecule has 0 radical (unpaired) electrons. The van der Waals surface area contributed by atoms with Crippen LogP contribution in [0.3, 0.4) is 0 Å². The molecule has 0 atom stereocenters. The van der Waals surface area contributed by atoms with Crippen molar-refractivity contribution in [1.82, 2.24) is 0 Å². The van der Waals surface area contributed by atoms with Crippen molar-refractivity contribution in [3.8, 4) is 5.75 Å². The first-order valence-corrected chi connectivity index (χ1v) is 3.06. The second kappa shape index (κ2) is 3.80. The van der Waals surface area contributed by atoms with E-state index >= 15 is 0 Å². The zero-order chi connectivity index (χ0) is 8.97. The van der Waals surface area contributed by atoms with Crippen LogP contribution in [0.4, 0.5) is 4.39 Å². The summed E-state index contributed by atoms with van der Waals surface area (Å²) in [5.41, 5.74) is -0.0422. The van der Waals surface area contributed by atoms with E-state index in [-0.39, 0.29) is 11.3 Å². The van der Waals surface area contributed by atoms with Crippen molar-refractivity contribution < 1.29 is 19.1 Å². The average molecular weight is 171 g/mol. The largest absolute Gasteiger partial charge is 0.320 e. The number of hydrogen-bond acceptors (Lipinski definition) is 4. The predicted molar refractivity (Wildman–Crippen MR) is 37.7 cm³/mol. The number of aldehydes is 1. The third-order valence-corrected chi connectivity index (χ3v) is 1.24. The highest BCUT2D eigenvalue weighted by Crippen LogP contribution is 2.14. The normalized spacial score (nSPS) is 9.50. The highest BCUT2D eigenvalue weighted by molar-refractivity contribution is 5.75. The summed E-state index contributed by atoms with van der Waals surface area (Å²) in [4.78, 5) is 18.3. The van der Waals surface area contributed by atoms with E-state index in [1.807, 2.05) is 0 Å². The minimum atomic E-state index is -0.681. The Morgan fingerprint density at radius 1 is 1.50 bits per heavy atom. The fraction of sp³-hybridized carbons (Fsp3) is 0. The second-order valence-electron chi connectivity index (χ2n) is 1.98. The molecule has 12 heavy (non-hydrogen) atoms. The van der Waals surface area contributed by atoms with Gasteiger partial charge in [-0.2, -0.15) is 5.90 Å². The number of hydrogen-bond donors (Lipinski definition) is 1. The van der Waals surface area contributed by atoms with Crippen LogP contribution in [0.25, 0.3) is 0 Å². The molecule has 0 fully saturated rings. The molecular formula is C7H6FNO3. The van der Waals surface area contributed by atoms with Crippen molar-refractivity contribution in [2.75, 3.05) is 0 Å². The van der Waals surface area contributed by atoms with Gasteiger partial charge in [0.15, 0.2) is 12.0 Å². The van der Waals surface area contributed by atoms with Crippen LogP contribution in [0.5, 0.6) is 5.75 Å². The van der Waals surface area contributed by atoms with E-state index in [1.54, 1.807) is 0 Å². The lowest BCUT2D eigenvalue weighted by atomic mass is 10.2. The smallest absolute Gasteiger partial charge is 0.170 e. The van der Waals surface area contributed by atoms with Gasteiger partial charge in [-0.1, -0.05) is 4.99 Å². The molecule has 0 unspecified atom stereocenters. The van der Waals surface area contributed by atoms with Gasteiger partial charge in [-0.3, -0.25) is 4.79 Å². The van der Waals surface area contributed by atoms with Gasteiger partial charge in [0.1, 0.15) is 5.82 Å². The molecule has 0 heterocycles. The van der Waals surface area contributed by atoms with Gasteiger partial charge in [0.2, 0.25) is 0 Å². The van der Waals surface area contributed by atoms with Crippen molar-refractivity contribution in [2.45, 2.75) is 0 Å². The number of benzene rings is 1. The van der Waals surface area contributed by atoms with Crippen LogP contribution in [-0.4, -0.2) is 6.29 Å². The van der Waals surface area contributed by atoms with Gasteiger partial charge in [-0.05, 0) is 12.1 Å².